The Morgan fingerprint density at radius 2 is 1.66 bits per heavy atom. The van der Waals surface area contributed by atoms with E-state index in [1.165, 1.54) is 28.8 Å². The number of carbonyl (C=O) groups is 1. The van der Waals surface area contributed by atoms with Crippen molar-refractivity contribution in [1.82, 2.24) is 24.5 Å². The van der Waals surface area contributed by atoms with Gasteiger partial charge in [0.15, 0.2) is 0 Å². The summed E-state index contributed by atoms with van der Waals surface area (Å²) in [5.74, 6) is 1.56. The molecule has 10 rings (SSSR count). The minimum Gasteiger partial charge on any atom is -0.493 e. The summed E-state index contributed by atoms with van der Waals surface area (Å²) in [7, 11) is -4.59. The topological polar surface area (TPSA) is 195 Å². The first kappa shape index (κ1) is 53.9. The highest BCUT2D eigenvalue weighted by molar-refractivity contribution is 7.90. The Labute approximate surface area is 452 Å². The van der Waals surface area contributed by atoms with Gasteiger partial charge >= 0.3 is 0 Å². The summed E-state index contributed by atoms with van der Waals surface area (Å²) in [4.78, 5) is 40.6. The van der Waals surface area contributed by atoms with E-state index in [9.17, 15) is 28.4 Å². The average molecular weight is 1070 g/mol. The van der Waals surface area contributed by atoms with E-state index in [2.05, 4.69) is 111 Å². The van der Waals surface area contributed by atoms with Gasteiger partial charge in [-0.05, 0) is 147 Å². The Balaban J connectivity index is 0.820. The fraction of sp³-hybridized carbons (Fsp3) is 0.467. The van der Waals surface area contributed by atoms with E-state index in [0.29, 0.717) is 55.3 Å². The zero-order chi connectivity index (χ0) is 54.1. The summed E-state index contributed by atoms with van der Waals surface area (Å²) in [6.45, 7) is 17.4. The maximum atomic E-state index is 14.1. The number of amides is 1. The number of ether oxygens (including phenoxy) is 2. The van der Waals surface area contributed by atoms with Gasteiger partial charge in [0.25, 0.3) is 21.6 Å². The molecule has 0 radical (unpaired) electrons. The van der Waals surface area contributed by atoms with Gasteiger partial charge in [-0.25, -0.2) is 18.1 Å². The third-order valence-corrected chi connectivity index (χ3v) is 18.0. The number of pyridine rings is 1. The number of nitro benzene ring substituents is 1. The van der Waals surface area contributed by atoms with Crippen molar-refractivity contribution in [2.45, 2.75) is 121 Å². The first-order chi connectivity index (χ1) is 36.9. The van der Waals surface area contributed by atoms with Crippen LogP contribution in [0.1, 0.15) is 125 Å². The molecule has 4 N–H and O–H groups in total. The Hall–Kier alpha value is -6.53. The zero-order valence-electron chi connectivity index (χ0n) is 45.0. The number of piperidine rings is 1. The van der Waals surface area contributed by atoms with Crippen LogP contribution in [0.15, 0.2) is 114 Å². The number of anilines is 2. The van der Waals surface area contributed by atoms with Gasteiger partial charge in [0.05, 0.1) is 33.8 Å². The Morgan fingerprint density at radius 1 is 0.909 bits per heavy atom. The predicted molar refractivity (Wildman–Crippen MR) is 300 cm³/mol. The summed E-state index contributed by atoms with van der Waals surface area (Å²) in [6.07, 6.45) is 10.4. The van der Waals surface area contributed by atoms with Crippen molar-refractivity contribution in [1.29, 1.82) is 0 Å². The van der Waals surface area contributed by atoms with E-state index in [-0.39, 0.29) is 34.4 Å². The van der Waals surface area contributed by atoms with Crippen LogP contribution in [0.25, 0.3) is 11.0 Å². The van der Waals surface area contributed by atoms with Gasteiger partial charge in [0, 0.05) is 87.3 Å². The van der Waals surface area contributed by atoms with Crippen molar-refractivity contribution in [3.63, 3.8) is 0 Å². The van der Waals surface area contributed by atoms with Crippen molar-refractivity contribution in [2.24, 2.45) is 17.3 Å². The first-order valence-electron chi connectivity index (χ1n) is 27.5. The Bertz CT molecular complexity index is 3170. The van der Waals surface area contributed by atoms with Gasteiger partial charge in [-0.15, -0.1) is 0 Å². The molecule has 2 saturated carbocycles. The van der Waals surface area contributed by atoms with Crippen molar-refractivity contribution >= 4 is 44.0 Å². The molecule has 4 heterocycles. The third-order valence-electron chi connectivity index (χ3n) is 16.7. The normalized spacial score (nSPS) is 21.3. The number of H-pyrrole nitrogens is 1. The number of hydrogen-bond donors (Lipinski definition) is 4. The largest absolute Gasteiger partial charge is 0.493 e. The molecule has 17 heteroatoms. The molecule has 6 aromatic rings. The van der Waals surface area contributed by atoms with Crippen LogP contribution in [-0.2, 0) is 16.6 Å². The molecule has 4 fully saturated rings. The Kier molecular flexibility index (Phi) is 15.7. The molecule has 2 aliphatic heterocycles. The van der Waals surface area contributed by atoms with Crippen LogP contribution in [0.3, 0.4) is 0 Å². The van der Waals surface area contributed by atoms with Crippen LogP contribution in [0.4, 0.5) is 17.1 Å². The molecule has 2 aromatic heterocycles. The standard InChI is InChI=1S/C60H74N8O8S/c1-40(2)39-75-47-13-10-43(11-14-47)37-65-28-29-67(55(38-65)51-9-7-6-8-50(51)41(3)4)46-33-60(34-46)23-26-66(27-24-60)45-12-16-52(56(31-45)76-48-30-44-20-25-61-57(44)63-36-48)58(69)64-77(73,74)49-15-17-53(54(32-49)68(71)72)62-35-42-18-21-59(5,70)22-19-42/h6-17,20,25,30-32,36,40-42,46,55,62,70H,18-19,21-24,26-29,33-35,37-39H2,1-5H3,(H,61,63)(H,64,69). The van der Waals surface area contributed by atoms with Gasteiger partial charge in [-0.2, -0.15) is 0 Å². The van der Waals surface area contributed by atoms with E-state index < -0.39 is 37.0 Å². The minimum absolute atomic E-state index is 0.0284. The number of aromatic nitrogens is 2. The van der Waals surface area contributed by atoms with Crippen LogP contribution in [0.2, 0.25) is 0 Å². The number of sulfonamides is 1. The molecule has 1 amide bonds. The third kappa shape index (κ3) is 12.4. The van der Waals surface area contributed by atoms with Crippen LogP contribution in [0, 0.1) is 27.4 Å². The number of aliphatic hydroxyl groups is 1. The maximum Gasteiger partial charge on any atom is 0.293 e. The van der Waals surface area contributed by atoms with Crippen LogP contribution >= 0.6 is 0 Å². The molecule has 4 aromatic carbocycles. The van der Waals surface area contributed by atoms with Gasteiger partial charge in [-0.3, -0.25) is 24.7 Å². The quantitative estimate of drug-likeness (QED) is 0.0469. The maximum absolute atomic E-state index is 14.1. The lowest BCUT2D eigenvalue weighted by atomic mass is 9.59. The number of nitrogens with zero attached hydrogens (tertiary/aromatic N) is 5. The second kappa shape index (κ2) is 22.4. The van der Waals surface area contributed by atoms with Crippen molar-refractivity contribution < 1.29 is 32.7 Å². The lowest BCUT2D eigenvalue weighted by molar-refractivity contribution is -0.384. The number of piperazine rings is 1. The highest BCUT2D eigenvalue weighted by Gasteiger charge is 2.50. The molecule has 4 aliphatic rings. The lowest BCUT2D eigenvalue weighted by Crippen LogP contribution is -2.60. The zero-order valence-corrected chi connectivity index (χ0v) is 45.9. The molecule has 1 unspecified atom stereocenters. The van der Waals surface area contributed by atoms with Crippen molar-refractivity contribution in [3.05, 3.63) is 142 Å². The van der Waals surface area contributed by atoms with Gasteiger partial charge in [-0.1, -0.05) is 64.1 Å². The van der Waals surface area contributed by atoms with Crippen LogP contribution < -0.4 is 24.4 Å². The Morgan fingerprint density at radius 3 is 2.39 bits per heavy atom. The molecule has 1 atom stereocenters. The second-order valence-electron chi connectivity index (χ2n) is 23.2. The SMILES string of the molecule is CC(C)COc1ccc(CN2CCN(C3CC4(CCN(c5ccc(C(=O)NS(=O)(=O)c6ccc(NCC7CCC(C)(O)CC7)c([N+](=O)[O-])c6)c(Oc6cnc7[nH]ccc7c6)c5)CC4)C3)C(c3ccccc3C(C)C)C2)cc1. The summed E-state index contributed by atoms with van der Waals surface area (Å²) in [5.41, 5.74) is 4.89. The van der Waals surface area contributed by atoms with Gasteiger partial charge in [0.2, 0.25) is 0 Å². The van der Waals surface area contributed by atoms with E-state index in [4.69, 9.17) is 9.47 Å². The molecule has 1 spiro atoms. The molecule has 408 valence electrons. The van der Waals surface area contributed by atoms with Crippen LogP contribution in [-0.4, -0.2) is 102 Å². The highest BCUT2D eigenvalue weighted by Crippen LogP contribution is 2.53. The smallest absolute Gasteiger partial charge is 0.293 e. The molecule has 2 aliphatic carbocycles. The number of fused-ring (bicyclic) bond motifs is 1. The van der Waals surface area contributed by atoms with E-state index >= 15 is 0 Å². The molecule has 16 nitrogen and oxygen atoms in total. The monoisotopic (exact) mass is 1070 g/mol. The summed E-state index contributed by atoms with van der Waals surface area (Å²) < 4.78 is 42.3. The van der Waals surface area contributed by atoms with E-state index in [1.54, 1.807) is 30.6 Å². The molecule has 77 heavy (non-hydrogen) atoms. The molecule has 0 bridgehead atoms. The first-order valence-corrected chi connectivity index (χ1v) is 29.0. The minimum atomic E-state index is -4.59. The van der Waals surface area contributed by atoms with Gasteiger partial charge in [0.1, 0.15) is 28.6 Å². The number of aromatic amines is 1. The summed E-state index contributed by atoms with van der Waals surface area (Å²) in [5, 5.41) is 26.5. The number of nitrogens with one attached hydrogen (secondary N) is 3. The average Bonchev–Trinajstić information content (AvgIpc) is 3.89. The number of hydrogen-bond acceptors (Lipinski definition) is 13. The van der Waals surface area contributed by atoms with E-state index in [1.807, 2.05) is 19.1 Å². The second-order valence-corrected chi connectivity index (χ2v) is 24.9. The molecular weight excluding hydrogens is 993 g/mol. The number of rotatable bonds is 18. The number of nitro groups is 1. The van der Waals surface area contributed by atoms with Crippen LogP contribution in [0.5, 0.6) is 17.2 Å². The van der Waals surface area contributed by atoms with Gasteiger partial charge < -0.3 is 29.8 Å². The number of carbonyl (C=O) groups excluding carboxylic acids is 1. The highest BCUT2D eigenvalue weighted by atomic mass is 32.2. The summed E-state index contributed by atoms with van der Waals surface area (Å²) >= 11 is 0. The molecular formula is C60H74N8O8S. The number of benzene rings is 4. The van der Waals surface area contributed by atoms with Crippen molar-refractivity contribution in [2.75, 3.05) is 56.1 Å². The van der Waals surface area contributed by atoms with Crippen molar-refractivity contribution in [3.8, 4) is 17.2 Å². The summed E-state index contributed by atoms with van der Waals surface area (Å²) in [6, 6.07) is 30.8. The molecule has 2 saturated heterocycles. The fourth-order valence-electron chi connectivity index (χ4n) is 12.1. The predicted octanol–water partition coefficient (Wildman–Crippen LogP) is 11.2. The van der Waals surface area contributed by atoms with E-state index in [0.717, 1.165) is 101 Å². The fourth-order valence-corrected chi connectivity index (χ4v) is 13.1. The lowest BCUT2D eigenvalue weighted by Gasteiger charge is -2.58.